The molecule has 0 bridgehead atoms. The Hall–Kier alpha value is -4.16. The number of carbonyl (C=O) groups is 1. The first-order valence-corrected chi connectivity index (χ1v) is 13.1. The lowest BCUT2D eigenvalue weighted by atomic mass is 9.99. The van der Waals surface area contributed by atoms with Crippen LogP contribution in [-0.2, 0) is 6.42 Å². The van der Waals surface area contributed by atoms with Crippen molar-refractivity contribution in [1.29, 1.82) is 0 Å². The largest absolute Gasteiger partial charge is 0.497 e. The number of nitrogens with zero attached hydrogens (tertiary/aromatic N) is 1. The van der Waals surface area contributed by atoms with Gasteiger partial charge in [-0.2, -0.15) is 0 Å². The summed E-state index contributed by atoms with van der Waals surface area (Å²) in [4.78, 5) is 19.7. The number of nitrogen functional groups attached to an aromatic ring is 1. The van der Waals surface area contributed by atoms with E-state index in [0.29, 0.717) is 10.6 Å². The summed E-state index contributed by atoms with van der Waals surface area (Å²) in [5.74, 6) is 0.554. The van der Waals surface area contributed by atoms with E-state index >= 15 is 0 Å². The van der Waals surface area contributed by atoms with Crippen LogP contribution in [0.4, 0.5) is 11.4 Å². The molecular weight excluding hydrogens is 478 g/mol. The Bertz CT molecular complexity index is 1600. The zero-order valence-corrected chi connectivity index (χ0v) is 22.2. The van der Waals surface area contributed by atoms with Crippen molar-refractivity contribution in [2.75, 3.05) is 18.2 Å². The van der Waals surface area contributed by atoms with Crippen LogP contribution in [-0.4, -0.2) is 18.0 Å². The number of hydrogen-bond acceptors (Lipinski definition) is 5. The van der Waals surface area contributed by atoms with E-state index < -0.39 is 0 Å². The molecule has 37 heavy (non-hydrogen) atoms. The highest BCUT2D eigenvalue weighted by Gasteiger charge is 2.22. The number of nitrogens with one attached hydrogen (secondary N) is 1. The number of ether oxygens (including phenoxy) is 1. The average molecular weight is 508 g/mol. The van der Waals surface area contributed by atoms with Crippen LogP contribution in [0, 0.1) is 13.8 Å². The maximum Gasteiger partial charge on any atom is 0.267 e. The Labute approximate surface area is 220 Å². The molecule has 0 aliphatic heterocycles. The highest BCUT2D eigenvalue weighted by Crippen LogP contribution is 2.42. The van der Waals surface area contributed by atoms with E-state index in [1.54, 1.807) is 7.11 Å². The standard InChI is InChI=1S/C31H29N3O2S/c1-5-20-8-6-7-19(3)28(20)34-30(35)29-27(32)26-24(21-13-15-23(36-4)16-14-21)17-25(33-31(26)37-29)22-11-9-18(2)10-12-22/h6-17H,5,32H2,1-4H3,(H,34,35). The van der Waals surface area contributed by atoms with E-state index in [4.69, 9.17) is 15.5 Å². The second-order valence-corrected chi connectivity index (χ2v) is 10.1. The minimum Gasteiger partial charge on any atom is -0.497 e. The van der Waals surface area contributed by atoms with Gasteiger partial charge in [0.15, 0.2) is 0 Å². The summed E-state index contributed by atoms with van der Waals surface area (Å²) in [6.07, 6.45) is 0.822. The molecule has 0 radical (unpaired) electrons. The molecule has 0 unspecified atom stereocenters. The molecule has 0 spiro atoms. The number of pyridine rings is 1. The van der Waals surface area contributed by atoms with Gasteiger partial charge in [0.25, 0.3) is 5.91 Å². The highest BCUT2D eigenvalue weighted by molar-refractivity contribution is 7.21. The van der Waals surface area contributed by atoms with Crippen LogP contribution < -0.4 is 15.8 Å². The zero-order valence-electron chi connectivity index (χ0n) is 21.4. The number of aryl methyl sites for hydroxylation is 3. The van der Waals surface area contributed by atoms with Gasteiger partial charge in [0.2, 0.25) is 0 Å². The Balaban J connectivity index is 1.67. The lowest BCUT2D eigenvalue weighted by molar-refractivity contribution is 0.103. The maximum atomic E-state index is 13.5. The molecule has 5 aromatic rings. The molecule has 0 atom stereocenters. The molecule has 5 rings (SSSR count). The van der Waals surface area contributed by atoms with Gasteiger partial charge in [0, 0.05) is 16.6 Å². The van der Waals surface area contributed by atoms with Gasteiger partial charge in [-0.25, -0.2) is 4.98 Å². The molecule has 2 aromatic heterocycles. The quantitative estimate of drug-likeness (QED) is 0.247. The fourth-order valence-electron chi connectivity index (χ4n) is 4.53. The van der Waals surface area contributed by atoms with Crippen molar-refractivity contribution in [3.8, 4) is 28.1 Å². The predicted octanol–water partition coefficient (Wildman–Crippen LogP) is 7.65. The van der Waals surface area contributed by atoms with Crippen molar-refractivity contribution in [2.24, 2.45) is 0 Å². The molecule has 2 heterocycles. The van der Waals surface area contributed by atoms with Crippen molar-refractivity contribution >= 4 is 38.8 Å². The second-order valence-electron chi connectivity index (χ2n) is 9.09. The average Bonchev–Trinajstić information content (AvgIpc) is 3.26. The summed E-state index contributed by atoms with van der Waals surface area (Å²) in [6, 6.07) is 24.2. The Morgan fingerprint density at radius 1 is 1.00 bits per heavy atom. The molecule has 3 N–H and O–H groups in total. The lowest BCUT2D eigenvalue weighted by Crippen LogP contribution is -2.14. The number of carbonyl (C=O) groups excluding carboxylic acids is 1. The number of hydrogen-bond donors (Lipinski definition) is 2. The van der Waals surface area contributed by atoms with Gasteiger partial charge in [-0.1, -0.05) is 67.1 Å². The fourth-order valence-corrected chi connectivity index (χ4v) is 5.55. The number of fused-ring (bicyclic) bond motifs is 1. The third kappa shape index (κ3) is 4.68. The van der Waals surface area contributed by atoms with Gasteiger partial charge in [-0.15, -0.1) is 11.3 Å². The monoisotopic (exact) mass is 507 g/mol. The molecular formula is C31H29N3O2S. The van der Waals surface area contributed by atoms with Gasteiger partial charge < -0.3 is 15.8 Å². The van der Waals surface area contributed by atoms with Crippen molar-refractivity contribution in [3.63, 3.8) is 0 Å². The van der Waals surface area contributed by atoms with Crippen LogP contribution in [0.3, 0.4) is 0 Å². The van der Waals surface area contributed by atoms with Crippen molar-refractivity contribution in [2.45, 2.75) is 27.2 Å². The molecule has 0 aliphatic rings. The topological polar surface area (TPSA) is 77.2 Å². The number of benzene rings is 3. The molecule has 3 aromatic carbocycles. The Kier molecular flexibility index (Phi) is 6.68. The Morgan fingerprint density at radius 3 is 2.38 bits per heavy atom. The minimum absolute atomic E-state index is 0.220. The molecule has 0 fully saturated rings. The third-order valence-corrected chi connectivity index (χ3v) is 7.73. The molecule has 0 aliphatic carbocycles. The number of methoxy groups -OCH3 is 1. The first-order chi connectivity index (χ1) is 17.9. The molecule has 5 nitrogen and oxygen atoms in total. The van der Waals surface area contributed by atoms with E-state index in [1.165, 1.54) is 16.9 Å². The molecule has 0 saturated carbocycles. The van der Waals surface area contributed by atoms with Crippen molar-refractivity contribution < 1.29 is 9.53 Å². The van der Waals surface area contributed by atoms with E-state index in [9.17, 15) is 4.79 Å². The van der Waals surface area contributed by atoms with Gasteiger partial charge in [0.05, 0.1) is 18.5 Å². The zero-order chi connectivity index (χ0) is 26.1. The van der Waals surface area contributed by atoms with Crippen LogP contribution in [0.1, 0.15) is 33.3 Å². The van der Waals surface area contributed by atoms with Crippen LogP contribution in [0.2, 0.25) is 0 Å². The number of anilines is 2. The first-order valence-electron chi connectivity index (χ1n) is 12.2. The normalized spacial score (nSPS) is 11.0. The summed E-state index contributed by atoms with van der Waals surface area (Å²) in [5.41, 5.74) is 15.0. The predicted molar refractivity (Wildman–Crippen MR) is 155 cm³/mol. The maximum absolute atomic E-state index is 13.5. The number of thiophene rings is 1. The van der Waals surface area contributed by atoms with Crippen LogP contribution in [0.15, 0.2) is 72.8 Å². The molecule has 0 saturated heterocycles. The lowest BCUT2D eigenvalue weighted by Gasteiger charge is -2.12. The van der Waals surface area contributed by atoms with Crippen molar-refractivity contribution in [1.82, 2.24) is 4.98 Å². The van der Waals surface area contributed by atoms with Crippen LogP contribution >= 0.6 is 11.3 Å². The number of para-hydroxylation sites is 1. The summed E-state index contributed by atoms with van der Waals surface area (Å²) >= 11 is 1.33. The second kappa shape index (κ2) is 10.1. The van der Waals surface area contributed by atoms with Crippen LogP contribution in [0.25, 0.3) is 32.6 Å². The summed E-state index contributed by atoms with van der Waals surface area (Å²) < 4.78 is 5.35. The molecule has 6 heteroatoms. The van der Waals surface area contributed by atoms with E-state index in [1.807, 2.05) is 49.4 Å². The number of aromatic nitrogens is 1. The SMILES string of the molecule is CCc1cccc(C)c1NC(=O)c1sc2nc(-c3ccc(C)cc3)cc(-c3ccc(OC)cc3)c2c1N. The van der Waals surface area contributed by atoms with E-state index in [-0.39, 0.29) is 5.91 Å². The first kappa shape index (κ1) is 24.5. The van der Waals surface area contributed by atoms with Crippen molar-refractivity contribution in [3.05, 3.63) is 94.4 Å². The van der Waals surface area contributed by atoms with Gasteiger partial charge in [0.1, 0.15) is 15.5 Å². The highest BCUT2D eigenvalue weighted by atomic mass is 32.1. The summed E-state index contributed by atoms with van der Waals surface area (Å²) in [6.45, 7) is 6.14. The number of nitrogens with two attached hydrogens (primary N) is 1. The summed E-state index contributed by atoms with van der Waals surface area (Å²) in [7, 11) is 1.65. The molecule has 1 amide bonds. The number of amides is 1. The minimum atomic E-state index is -0.220. The Morgan fingerprint density at radius 2 is 1.70 bits per heavy atom. The fraction of sp³-hybridized carbons (Fsp3) is 0.161. The number of rotatable bonds is 6. The van der Waals surface area contributed by atoms with Gasteiger partial charge >= 0.3 is 0 Å². The van der Waals surface area contributed by atoms with E-state index in [0.717, 1.165) is 61.6 Å². The van der Waals surface area contributed by atoms with Crippen LogP contribution in [0.5, 0.6) is 5.75 Å². The third-order valence-electron chi connectivity index (χ3n) is 6.63. The smallest absolute Gasteiger partial charge is 0.267 e. The molecule has 186 valence electrons. The summed E-state index contributed by atoms with van der Waals surface area (Å²) in [5, 5.41) is 3.91. The van der Waals surface area contributed by atoms with Gasteiger partial charge in [-0.05, 0) is 60.7 Å². The van der Waals surface area contributed by atoms with Gasteiger partial charge in [-0.3, -0.25) is 4.79 Å². The van der Waals surface area contributed by atoms with E-state index in [2.05, 4.69) is 49.5 Å².